The largest absolute Gasteiger partial charge is 0.573 e. The first-order valence-corrected chi connectivity index (χ1v) is 10.3. The zero-order valence-corrected chi connectivity index (χ0v) is 15.9. The van der Waals surface area contributed by atoms with Gasteiger partial charge >= 0.3 is 6.36 Å². The number of ether oxygens (including phenoxy) is 2. The van der Waals surface area contributed by atoms with Crippen LogP contribution >= 0.6 is 11.3 Å². The molecule has 0 atom stereocenters. The smallest absolute Gasteiger partial charge is 0.495 e. The molecule has 148 valence electrons. The van der Waals surface area contributed by atoms with Crippen molar-refractivity contribution in [3.05, 3.63) is 53.1 Å². The summed E-state index contributed by atoms with van der Waals surface area (Å²) < 4.78 is 71.9. The van der Waals surface area contributed by atoms with Crippen LogP contribution < -0.4 is 9.47 Å². The molecule has 0 spiro atoms. The SMILES string of the molecule is COc1ccc(OC(F)(F)F)cc1S(=O)(=O)Cc1cncc(-c2cscn2)c1. The van der Waals surface area contributed by atoms with E-state index in [2.05, 4.69) is 14.7 Å². The lowest BCUT2D eigenvalue weighted by atomic mass is 10.2. The van der Waals surface area contributed by atoms with Gasteiger partial charge in [-0.15, -0.1) is 24.5 Å². The molecule has 6 nitrogen and oxygen atoms in total. The van der Waals surface area contributed by atoms with Crippen LogP contribution in [0.15, 0.2) is 52.4 Å². The van der Waals surface area contributed by atoms with E-state index in [0.29, 0.717) is 16.8 Å². The third-order valence-corrected chi connectivity index (χ3v) is 5.87. The molecule has 0 saturated heterocycles. The quantitative estimate of drug-likeness (QED) is 0.586. The van der Waals surface area contributed by atoms with Crippen LogP contribution in [0.2, 0.25) is 0 Å². The van der Waals surface area contributed by atoms with Crippen LogP contribution in [0.5, 0.6) is 11.5 Å². The van der Waals surface area contributed by atoms with Gasteiger partial charge in [0.05, 0.1) is 24.1 Å². The maximum Gasteiger partial charge on any atom is 0.573 e. The average Bonchev–Trinajstić information content (AvgIpc) is 3.15. The molecular formula is C17H13F3N2O4S2. The first kappa shape index (κ1) is 20.1. The zero-order valence-electron chi connectivity index (χ0n) is 14.3. The number of nitrogens with zero attached hydrogens (tertiary/aromatic N) is 2. The number of pyridine rings is 1. The van der Waals surface area contributed by atoms with Gasteiger partial charge in [0.2, 0.25) is 0 Å². The maximum absolute atomic E-state index is 12.8. The molecule has 0 unspecified atom stereocenters. The maximum atomic E-state index is 12.8. The highest BCUT2D eigenvalue weighted by atomic mass is 32.2. The lowest BCUT2D eigenvalue weighted by Crippen LogP contribution is -2.17. The molecule has 0 N–H and O–H groups in total. The predicted molar refractivity (Wildman–Crippen MR) is 95.9 cm³/mol. The van der Waals surface area contributed by atoms with Crippen molar-refractivity contribution >= 4 is 21.2 Å². The summed E-state index contributed by atoms with van der Waals surface area (Å²) in [6.07, 6.45) is -2.03. The highest BCUT2D eigenvalue weighted by molar-refractivity contribution is 7.90. The van der Waals surface area contributed by atoms with Crippen molar-refractivity contribution in [2.24, 2.45) is 0 Å². The molecule has 0 amide bonds. The molecule has 11 heteroatoms. The van der Waals surface area contributed by atoms with Gasteiger partial charge < -0.3 is 9.47 Å². The number of halogens is 3. The molecule has 1 aromatic carbocycles. The van der Waals surface area contributed by atoms with Crippen molar-refractivity contribution < 1.29 is 31.1 Å². The van der Waals surface area contributed by atoms with Crippen LogP contribution in [0.4, 0.5) is 13.2 Å². The number of aromatic nitrogens is 2. The molecular weight excluding hydrogens is 417 g/mol. The summed E-state index contributed by atoms with van der Waals surface area (Å²) >= 11 is 1.38. The van der Waals surface area contributed by atoms with Gasteiger partial charge in [0.1, 0.15) is 16.4 Å². The summed E-state index contributed by atoms with van der Waals surface area (Å²) in [4.78, 5) is 7.76. The van der Waals surface area contributed by atoms with Crippen molar-refractivity contribution in [2.75, 3.05) is 7.11 Å². The van der Waals surface area contributed by atoms with Crippen LogP contribution in [-0.2, 0) is 15.6 Å². The molecule has 0 aliphatic rings. The Bertz CT molecular complexity index is 1070. The van der Waals surface area contributed by atoms with E-state index in [-0.39, 0.29) is 5.75 Å². The van der Waals surface area contributed by atoms with Crippen LogP contribution in [0.1, 0.15) is 5.56 Å². The Labute approximate surface area is 162 Å². The Hall–Kier alpha value is -2.66. The fourth-order valence-electron chi connectivity index (χ4n) is 2.46. The molecule has 0 radical (unpaired) electrons. The third-order valence-electron chi connectivity index (χ3n) is 3.58. The minimum Gasteiger partial charge on any atom is -0.495 e. The van der Waals surface area contributed by atoms with Gasteiger partial charge in [-0.2, -0.15) is 0 Å². The summed E-state index contributed by atoms with van der Waals surface area (Å²) in [6, 6.07) is 4.50. The van der Waals surface area contributed by atoms with Gasteiger partial charge in [-0.1, -0.05) is 0 Å². The second-order valence-electron chi connectivity index (χ2n) is 5.58. The molecule has 0 aliphatic heterocycles. The molecule has 0 bridgehead atoms. The van der Waals surface area contributed by atoms with E-state index in [1.165, 1.54) is 24.6 Å². The highest BCUT2D eigenvalue weighted by Crippen LogP contribution is 2.33. The van der Waals surface area contributed by atoms with Crippen LogP contribution in [0, 0.1) is 0 Å². The summed E-state index contributed by atoms with van der Waals surface area (Å²) in [6.45, 7) is 0. The molecule has 3 rings (SSSR count). The summed E-state index contributed by atoms with van der Waals surface area (Å²) in [7, 11) is -2.82. The zero-order chi connectivity index (χ0) is 20.4. The molecule has 28 heavy (non-hydrogen) atoms. The van der Waals surface area contributed by atoms with E-state index < -0.39 is 32.6 Å². The first-order valence-electron chi connectivity index (χ1n) is 7.67. The number of hydrogen-bond acceptors (Lipinski definition) is 7. The summed E-state index contributed by atoms with van der Waals surface area (Å²) in [5.74, 6) is -1.22. The number of alkyl halides is 3. The molecule has 0 saturated carbocycles. The molecule has 3 aromatic rings. The number of thiazole rings is 1. The van der Waals surface area contributed by atoms with E-state index >= 15 is 0 Å². The predicted octanol–water partition coefficient (Wildman–Crippen LogP) is 4.09. The number of rotatable bonds is 6. The van der Waals surface area contributed by atoms with Gasteiger partial charge in [-0.25, -0.2) is 13.4 Å². The van der Waals surface area contributed by atoms with Gasteiger partial charge in [-0.05, 0) is 23.8 Å². The van der Waals surface area contributed by atoms with Gasteiger partial charge in [-0.3, -0.25) is 4.98 Å². The van der Waals surface area contributed by atoms with E-state index in [1.807, 2.05) is 0 Å². The van der Waals surface area contributed by atoms with Crippen LogP contribution in [0.3, 0.4) is 0 Å². The van der Waals surface area contributed by atoms with Crippen molar-refractivity contribution in [2.45, 2.75) is 17.0 Å². The van der Waals surface area contributed by atoms with Gasteiger partial charge in [0, 0.05) is 29.4 Å². The Morgan fingerprint density at radius 2 is 1.96 bits per heavy atom. The Morgan fingerprint density at radius 1 is 1.18 bits per heavy atom. The van der Waals surface area contributed by atoms with Crippen LogP contribution in [-0.4, -0.2) is 31.9 Å². The standard InChI is InChI=1S/C17H13F3N2O4S2/c1-25-15-3-2-13(26-17(18,19)20)5-16(15)28(23,24)9-11-4-12(7-21-6-11)14-8-27-10-22-14/h2-8,10H,9H2,1H3. The minimum absolute atomic E-state index is 0.0851. The average molecular weight is 430 g/mol. The van der Waals surface area contributed by atoms with Gasteiger partial charge in [0.15, 0.2) is 9.84 Å². The van der Waals surface area contributed by atoms with E-state index in [1.54, 1.807) is 23.2 Å². The second-order valence-corrected chi connectivity index (χ2v) is 8.25. The Balaban J connectivity index is 1.94. The van der Waals surface area contributed by atoms with E-state index in [9.17, 15) is 21.6 Å². The fourth-order valence-corrected chi connectivity index (χ4v) is 4.52. The van der Waals surface area contributed by atoms with Crippen molar-refractivity contribution in [1.29, 1.82) is 0 Å². The summed E-state index contributed by atoms with van der Waals surface area (Å²) in [5, 5.41) is 1.79. The summed E-state index contributed by atoms with van der Waals surface area (Å²) in [5.41, 5.74) is 3.27. The monoisotopic (exact) mass is 430 g/mol. The van der Waals surface area contributed by atoms with Gasteiger partial charge in [0.25, 0.3) is 0 Å². The second kappa shape index (κ2) is 7.76. The van der Waals surface area contributed by atoms with Crippen molar-refractivity contribution in [1.82, 2.24) is 9.97 Å². The first-order chi connectivity index (χ1) is 13.2. The minimum atomic E-state index is -4.94. The van der Waals surface area contributed by atoms with Crippen LogP contribution in [0.25, 0.3) is 11.3 Å². The van der Waals surface area contributed by atoms with Crippen molar-refractivity contribution in [3.8, 4) is 22.8 Å². The fraction of sp³-hybridized carbons (Fsp3) is 0.176. The number of hydrogen-bond donors (Lipinski definition) is 0. The number of sulfone groups is 1. The lowest BCUT2D eigenvalue weighted by molar-refractivity contribution is -0.274. The number of methoxy groups -OCH3 is 1. The van der Waals surface area contributed by atoms with E-state index in [0.717, 1.165) is 18.2 Å². The Kier molecular flexibility index (Phi) is 5.57. The number of benzene rings is 1. The van der Waals surface area contributed by atoms with Crippen molar-refractivity contribution in [3.63, 3.8) is 0 Å². The molecule has 0 aliphatic carbocycles. The Morgan fingerprint density at radius 3 is 2.61 bits per heavy atom. The van der Waals surface area contributed by atoms with E-state index in [4.69, 9.17) is 4.74 Å². The molecule has 0 fully saturated rings. The lowest BCUT2D eigenvalue weighted by Gasteiger charge is -2.13. The third kappa shape index (κ3) is 4.78. The molecule has 2 heterocycles. The molecule has 2 aromatic heterocycles. The highest BCUT2D eigenvalue weighted by Gasteiger charge is 2.32. The normalized spacial score (nSPS) is 12.0. The topological polar surface area (TPSA) is 78.4 Å².